The molecule has 0 N–H and O–H groups in total. The first-order valence-electron chi connectivity index (χ1n) is 24.5. The smallest absolute Gasteiger partial charge is 0.0542 e. The summed E-state index contributed by atoms with van der Waals surface area (Å²) in [7, 11) is 0. The molecule has 0 radical (unpaired) electrons. The van der Waals surface area contributed by atoms with Gasteiger partial charge in [-0.25, -0.2) is 0 Å². The zero-order chi connectivity index (χ0) is 46.3. The van der Waals surface area contributed by atoms with Crippen molar-refractivity contribution < 1.29 is 0 Å². The van der Waals surface area contributed by atoms with E-state index < -0.39 is 0 Å². The highest BCUT2D eigenvalue weighted by Gasteiger charge is 2.21. The number of benzene rings is 10. The lowest BCUT2D eigenvalue weighted by Gasteiger charge is -2.26. The molecule has 0 atom stereocenters. The number of nitrogens with zero attached hydrogens (tertiary/aromatic N) is 3. The zero-order valence-corrected chi connectivity index (χ0v) is 39.8. The highest BCUT2D eigenvalue weighted by molar-refractivity contribution is 6.13. The fourth-order valence-corrected chi connectivity index (χ4v) is 10.3. The van der Waals surface area contributed by atoms with Crippen LogP contribution in [0, 0.1) is 6.92 Å². The Hall–Kier alpha value is -7.88. The Morgan fingerprint density at radius 3 is 1.09 bits per heavy atom. The molecule has 0 aliphatic carbocycles. The van der Waals surface area contributed by atoms with E-state index in [0.29, 0.717) is 0 Å². The number of hydrogen-bond donors (Lipinski definition) is 0. The molecule has 3 nitrogen and oxygen atoms in total. The van der Waals surface area contributed by atoms with Crippen molar-refractivity contribution in [3.8, 4) is 16.8 Å². The number of aromatic nitrogens is 1. The molecule has 68 heavy (non-hydrogen) atoms. The Morgan fingerprint density at radius 1 is 0.324 bits per heavy atom. The predicted octanol–water partition coefficient (Wildman–Crippen LogP) is 18.3. The standard InChI is InChI=1S/C65H57N3/c1-6-45-17-25-51(26-18-45)66(52-27-19-46(7-2)20-28-52)56-34-38-64-62(42-56)63-43-57(67(53-29-21-47(8-3)22-30-53)54-31-23-48(9-4)24-32-54)35-39-65(63)68(64)55-33-37-59-50(41-55)13-11-15-61(59)60-14-10-12-49-40-44(5)16-36-58(49)60/h10-43H,6-9H2,1-5H3. The molecule has 0 spiro atoms. The van der Waals surface area contributed by atoms with Crippen LogP contribution in [0.4, 0.5) is 34.1 Å². The summed E-state index contributed by atoms with van der Waals surface area (Å²) in [6.07, 6.45) is 4.00. The van der Waals surface area contributed by atoms with Crippen molar-refractivity contribution in [2.45, 2.75) is 60.3 Å². The summed E-state index contributed by atoms with van der Waals surface area (Å²) >= 11 is 0. The number of rotatable bonds is 12. The lowest BCUT2D eigenvalue weighted by Crippen LogP contribution is -2.10. The van der Waals surface area contributed by atoms with E-state index in [-0.39, 0.29) is 0 Å². The van der Waals surface area contributed by atoms with Crippen molar-refractivity contribution in [3.05, 3.63) is 234 Å². The maximum Gasteiger partial charge on any atom is 0.0542 e. The van der Waals surface area contributed by atoms with Crippen LogP contribution in [-0.2, 0) is 25.7 Å². The normalized spacial score (nSPS) is 11.5. The molecule has 0 amide bonds. The van der Waals surface area contributed by atoms with Gasteiger partial charge in [-0.15, -0.1) is 0 Å². The topological polar surface area (TPSA) is 11.4 Å². The van der Waals surface area contributed by atoms with Crippen LogP contribution >= 0.6 is 0 Å². The molecule has 10 aromatic carbocycles. The van der Waals surface area contributed by atoms with E-state index in [2.05, 4.69) is 255 Å². The van der Waals surface area contributed by atoms with Gasteiger partial charge in [0.1, 0.15) is 0 Å². The van der Waals surface area contributed by atoms with Gasteiger partial charge in [0.25, 0.3) is 0 Å². The third kappa shape index (κ3) is 7.78. The van der Waals surface area contributed by atoms with E-state index in [1.807, 2.05) is 0 Å². The number of hydrogen-bond acceptors (Lipinski definition) is 2. The van der Waals surface area contributed by atoms with Gasteiger partial charge in [0.05, 0.1) is 11.0 Å². The van der Waals surface area contributed by atoms with Crippen LogP contribution in [0.1, 0.15) is 55.5 Å². The number of aryl methyl sites for hydroxylation is 5. The van der Waals surface area contributed by atoms with Crippen molar-refractivity contribution in [2.75, 3.05) is 9.80 Å². The summed E-state index contributed by atoms with van der Waals surface area (Å²) in [5.41, 5.74) is 19.3. The second-order valence-corrected chi connectivity index (χ2v) is 18.2. The van der Waals surface area contributed by atoms with E-state index in [1.165, 1.54) is 71.3 Å². The molecule has 332 valence electrons. The SMILES string of the molecule is CCc1ccc(N(c2ccc(CC)cc2)c2ccc3c(c2)c2cc(N(c4ccc(CC)cc4)c4ccc(CC)cc4)ccc2n3-c2ccc3c(-c4cccc5cc(C)ccc45)cccc3c2)cc1. The van der Waals surface area contributed by atoms with Gasteiger partial charge in [0.2, 0.25) is 0 Å². The highest BCUT2D eigenvalue weighted by atomic mass is 15.1. The van der Waals surface area contributed by atoms with Gasteiger partial charge < -0.3 is 14.4 Å². The van der Waals surface area contributed by atoms with Gasteiger partial charge in [-0.1, -0.05) is 142 Å². The summed E-state index contributed by atoms with van der Waals surface area (Å²) in [5.74, 6) is 0. The summed E-state index contributed by atoms with van der Waals surface area (Å²) in [6.45, 7) is 11.0. The van der Waals surface area contributed by atoms with Crippen molar-refractivity contribution in [3.63, 3.8) is 0 Å². The van der Waals surface area contributed by atoms with E-state index in [9.17, 15) is 0 Å². The first kappa shape index (κ1) is 42.7. The Labute approximate surface area is 401 Å². The average molecular weight is 880 g/mol. The molecular formula is C65H57N3. The van der Waals surface area contributed by atoms with E-state index in [4.69, 9.17) is 0 Å². The second-order valence-electron chi connectivity index (χ2n) is 18.2. The minimum Gasteiger partial charge on any atom is -0.310 e. The summed E-state index contributed by atoms with van der Waals surface area (Å²) in [5, 5.41) is 7.39. The second kappa shape index (κ2) is 18.1. The van der Waals surface area contributed by atoms with Crippen LogP contribution in [0.5, 0.6) is 0 Å². The van der Waals surface area contributed by atoms with Gasteiger partial charge in [-0.2, -0.15) is 0 Å². The van der Waals surface area contributed by atoms with Gasteiger partial charge in [0, 0.05) is 50.6 Å². The van der Waals surface area contributed by atoms with Crippen LogP contribution in [0.2, 0.25) is 0 Å². The van der Waals surface area contributed by atoms with E-state index >= 15 is 0 Å². The third-order valence-electron chi connectivity index (χ3n) is 14.1. The summed E-state index contributed by atoms with van der Waals surface area (Å²) in [4.78, 5) is 4.82. The van der Waals surface area contributed by atoms with Gasteiger partial charge >= 0.3 is 0 Å². The van der Waals surface area contributed by atoms with Crippen LogP contribution in [0.15, 0.2) is 206 Å². The molecule has 0 unspecified atom stereocenters. The lowest BCUT2D eigenvalue weighted by molar-refractivity contribution is 1.13. The molecule has 11 aromatic rings. The minimum absolute atomic E-state index is 1.00. The van der Waals surface area contributed by atoms with Gasteiger partial charge in [0.15, 0.2) is 0 Å². The van der Waals surface area contributed by atoms with Crippen LogP contribution < -0.4 is 9.80 Å². The minimum atomic E-state index is 1.00. The number of anilines is 6. The molecule has 0 aliphatic rings. The molecule has 0 fully saturated rings. The Bertz CT molecular complexity index is 3350. The zero-order valence-electron chi connectivity index (χ0n) is 39.8. The van der Waals surface area contributed by atoms with Gasteiger partial charge in [-0.3, -0.25) is 0 Å². The molecule has 1 aromatic heterocycles. The van der Waals surface area contributed by atoms with Crippen LogP contribution in [0.3, 0.4) is 0 Å². The highest BCUT2D eigenvalue weighted by Crippen LogP contribution is 2.44. The van der Waals surface area contributed by atoms with Crippen LogP contribution in [0.25, 0.3) is 60.2 Å². The first-order chi connectivity index (χ1) is 33.4. The summed E-state index contributed by atoms with van der Waals surface area (Å²) in [6, 6.07) is 77.6. The Kier molecular flexibility index (Phi) is 11.4. The average Bonchev–Trinajstić information content (AvgIpc) is 3.72. The Balaban J connectivity index is 1.13. The van der Waals surface area contributed by atoms with Crippen LogP contribution in [-0.4, -0.2) is 4.57 Å². The lowest BCUT2D eigenvalue weighted by atomic mass is 9.93. The van der Waals surface area contributed by atoms with E-state index in [1.54, 1.807) is 0 Å². The van der Waals surface area contributed by atoms with Crippen molar-refractivity contribution in [2.24, 2.45) is 0 Å². The van der Waals surface area contributed by atoms with Crippen molar-refractivity contribution in [1.29, 1.82) is 0 Å². The molecule has 0 aliphatic heterocycles. The summed E-state index contributed by atoms with van der Waals surface area (Å²) < 4.78 is 2.47. The van der Waals surface area contributed by atoms with Crippen molar-refractivity contribution >= 4 is 77.5 Å². The third-order valence-corrected chi connectivity index (χ3v) is 14.1. The molecule has 1 heterocycles. The first-order valence-corrected chi connectivity index (χ1v) is 24.5. The quantitative estimate of drug-likeness (QED) is 0.121. The monoisotopic (exact) mass is 879 g/mol. The molecular weight excluding hydrogens is 823 g/mol. The maximum absolute atomic E-state index is 2.47. The fraction of sp³-hybridized carbons (Fsp3) is 0.138. The largest absolute Gasteiger partial charge is 0.310 e. The van der Waals surface area contributed by atoms with Crippen molar-refractivity contribution in [1.82, 2.24) is 4.57 Å². The molecule has 11 rings (SSSR count). The molecule has 0 saturated heterocycles. The maximum atomic E-state index is 2.47. The fourth-order valence-electron chi connectivity index (χ4n) is 10.3. The molecule has 0 bridgehead atoms. The molecule has 0 saturated carbocycles. The molecule has 3 heteroatoms. The van der Waals surface area contributed by atoms with E-state index in [0.717, 1.165) is 76.5 Å². The predicted molar refractivity (Wildman–Crippen MR) is 293 cm³/mol. The number of fused-ring (bicyclic) bond motifs is 5. The Morgan fingerprint density at radius 2 is 0.691 bits per heavy atom. The van der Waals surface area contributed by atoms with Gasteiger partial charge in [-0.05, 0) is 185 Å².